The lowest BCUT2D eigenvalue weighted by molar-refractivity contribution is 0.126. The molecule has 0 aliphatic carbocycles. The van der Waals surface area contributed by atoms with Gasteiger partial charge < -0.3 is 10.0 Å². The number of nitriles is 1. The second kappa shape index (κ2) is 4.25. The summed E-state index contributed by atoms with van der Waals surface area (Å²) < 4.78 is 13.7. The molecule has 3 nitrogen and oxygen atoms in total. The quantitative estimate of drug-likeness (QED) is 0.826. The van der Waals surface area contributed by atoms with Crippen molar-refractivity contribution in [1.29, 1.82) is 5.26 Å². The van der Waals surface area contributed by atoms with Gasteiger partial charge in [0.25, 0.3) is 0 Å². The van der Waals surface area contributed by atoms with E-state index >= 15 is 0 Å². The van der Waals surface area contributed by atoms with Gasteiger partial charge in [-0.05, 0) is 43.9 Å². The molecule has 1 aromatic rings. The summed E-state index contributed by atoms with van der Waals surface area (Å²) in [5.41, 5.74) is 0.925. The molecule has 94 valence electrons. The third-order valence-electron chi connectivity index (χ3n) is 4.08. The van der Waals surface area contributed by atoms with Gasteiger partial charge in [0.15, 0.2) is 0 Å². The molecule has 2 bridgehead atoms. The molecule has 0 saturated carbocycles. The van der Waals surface area contributed by atoms with E-state index in [9.17, 15) is 9.50 Å². The average Bonchev–Trinajstić information content (AvgIpc) is 2.61. The summed E-state index contributed by atoms with van der Waals surface area (Å²) in [5, 5.41) is 18.5. The standard InChI is InChI=1S/C14H15FN2O/c15-14-7-12(2-1-9(14)8-16)17-10-3-4-11(17)6-13(18)5-10/h1-2,7,10-11,13,18H,3-6H2/t10-,11+,13?. The van der Waals surface area contributed by atoms with Crippen molar-refractivity contribution in [2.45, 2.75) is 43.9 Å². The second-order valence-electron chi connectivity index (χ2n) is 5.19. The molecule has 3 atom stereocenters. The summed E-state index contributed by atoms with van der Waals surface area (Å²) in [4.78, 5) is 2.22. The second-order valence-corrected chi connectivity index (χ2v) is 5.19. The fourth-order valence-corrected chi connectivity index (χ4v) is 3.33. The Morgan fingerprint density at radius 3 is 2.50 bits per heavy atom. The highest BCUT2D eigenvalue weighted by molar-refractivity contribution is 5.53. The van der Waals surface area contributed by atoms with Gasteiger partial charge in [-0.3, -0.25) is 0 Å². The summed E-state index contributed by atoms with van der Waals surface area (Å²) in [5.74, 6) is -0.458. The van der Waals surface area contributed by atoms with Crippen molar-refractivity contribution in [3.05, 3.63) is 29.6 Å². The van der Waals surface area contributed by atoms with E-state index in [2.05, 4.69) is 4.90 Å². The molecule has 0 spiro atoms. The van der Waals surface area contributed by atoms with Gasteiger partial charge in [0, 0.05) is 17.8 Å². The molecule has 1 unspecified atom stereocenters. The lowest BCUT2D eigenvalue weighted by atomic mass is 9.99. The number of halogens is 1. The van der Waals surface area contributed by atoms with E-state index in [1.807, 2.05) is 12.1 Å². The Bertz CT molecular complexity index is 497. The minimum atomic E-state index is -0.458. The summed E-state index contributed by atoms with van der Waals surface area (Å²) in [7, 11) is 0. The topological polar surface area (TPSA) is 47.3 Å². The molecule has 2 saturated heterocycles. The molecule has 2 aliphatic rings. The Hall–Kier alpha value is -1.60. The monoisotopic (exact) mass is 246 g/mol. The Balaban J connectivity index is 1.92. The number of hydrogen-bond donors (Lipinski definition) is 1. The summed E-state index contributed by atoms with van der Waals surface area (Å²) in [6.45, 7) is 0. The molecule has 1 aromatic carbocycles. The van der Waals surface area contributed by atoms with Crippen LogP contribution in [0.4, 0.5) is 10.1 Å². The van der Waals surface area contributed by atoms with Gasteiger partial charge in [-0.25, -0.2) is 4.39 Å². The van der Waals surface area contributed by atoms with Gasteiger partial charge in [0.05, 0.1) is 11.7 Å². The van der Waals surface area contributed by atoms with Crippen LogP contribution in [0.5, 0.6) is 0 Å². The number of fused-ring (bicyclic) bond motifs is 2. The van der Waals surface area contributed by atoms with Crippen molar-refractivity contribution >= 4 is 5.69 Å². The van der Waals surface area contributed by atoms with Crippen LogP contribution in [-0.4, -0.2) is 23.3 Å². The number of hydrogen-bond acceptors (Lipinski definition) is 3. The number of benzene rings is 1. The summed E-state index contributed by atoms with van der Waals surface area (Å²) >= 11 is 0. The largest absolute Gasteiger partial charge is 0.393 e. The zero-order valence-corrected chi connectivity index (χ0v) is 10.0. The van der Waals surface area contributed by atoms with Crippen LogP contribution in [0.1, 0.15) is 31.2 Å². The van der Waals surface area contributed by atoms with E-state index in [4.69, 9.17) is 5.26 Å². The Morgan fingerprint density at radius 2 is 1.94 bits per heavy atom. The van der Waals surface area contributed by atoms with Crippen LogP contribution in [-0.2, 0) is 0 Å². The highest BCUT2D eigenvalue weighted by Crippen LogP contribution is 2.39. The van der Waals surface area contributed by atoms with Crippen molar-refractivity contribution in [2.75, 3.05) is 4.90 Å². The summed E-state index contributed by atoms with van der Waals surface area (Å²) in [6.07, 6.45) is 3.42. The number of piperidine rings is 1. The lowest BCUT2D eigenvalue weighted by Gasteiger charge is -2.39. The first kappa shape index (κ1) is 11.5. The van der Waals surface area contributed by atoms with Gasteiger partial charge in [0.1, 0.15) is 11.9 Å². The zero-order chi connectivity index (χ0) is 12.7. The van der Waals surface area contributed by atoms with Crippen molar-refractivity contribution in [3.8, 4) is 6.07 Å². The average molecular weight is 246 g/mol. The number of rotatable bonds is 1. The van der Waals surface area contributed by atoms with Gasteiger partial charge in [-0.1, -0.05) is 0 Å². The fourth-order valence-electron chi connectivity index (χ4n) is 3.33. The zero-order valence-electron chi connectivity index (χ0n) is 10.0. The number of anilines is 1. The normalized spacial score (nSPS) is 30.3. The van der Waals surface area contributed by atoms with Crippen LogP contribution in [0.15, 0.2) is 18.2 Å². The molecule has 4 heteroatoms. The molecule has 0 aromatic heterocycles. The number of nitrogens with zero attached hydrogens (tertiary/aromatic N) is 2. The van der Waals surface area contributed by atoms with Crippen LogP contribution < -0.4 is 4.90 Å². The maximum atomic E-state index is 13.7. The summed E-state index contributed by atoms with van der Waals surface area (Å²) in [6, 6.07) is 7.25. The molecule has 2 heterocycles. The Labute approximate surface area is 105 Å². The molecule has 0 amide bonds. The van der Waals surface area contributed by atoms with E-state index in [0.29, 0.717) is 12.1 Å². The van der Waals surface area contributed by atoms with Gasteiger partial charge in [-0.15, -0.1) is 0 Å². The predicted molar refractivity (Wildman–Crippen MR) is 65.6 cm³/mol. The van der Waals surface area contributed by atoms with Crippen molar-refractivity contribution in [2.24, 2.45) is 0 Å². The third-order valence-corrected chi connectivity index (χ3v) is 4.08. The van der Waals surface area contributed by atoms with E-state index in [0.717, 1.165) is 31.4 Å². The molecule has 2 aliphatic heterocycles. The SMILES string of the molecule is N#Cc1ccc(N2[C@@H]3CC[C@H]2CC(O)C3)cc1F. The maximum Gasteiger partial charge on any atom is 0.143 e. The van der Waals surface area contributed by atoms with Crippen LogP contribution in [0.25, 0.3) is 0 Å². The minimum absolute atomic E-state index is 0.0862. The van der Waals surface area contributed by atoms with Crippen LogP contribution in [0.3, 0.4) is 0 Å². The van der Waals surface area contributed by atoms with E-state index in [1.165, 1.54) is 12.1 Å². The van der Waals surface area contributed by atoms with Gasteiger partial charge in [0.2, 0.25) is 0 Å². The Morgan fingerprint density at radius 1 is 1.28 bits per heavy atom. The fraction of sp³-hybridized carbons (Fsp3) is 0.500. The predicted octanol–water partition coefficient (Wildman–Crippen LogP) is 2.19. The first-order valence-corrected chi connectivity index (χ1v) is 6.35. The van der Waals surface area contributed by atoms with E-state index in [1.54, 1.807) is 0 Å². The Kier molecular flexibility index (Phi) is 2.71. The molecular weight excluding hydrogens is 231 g/mol. The smallest absolute Gasteiger partial charge is 0.143 e. The molecule has 0 radical (unpaired) electrons. The molecule has 18 heavy (non-hydrogen) atoms. The lowest BCUT2D eigenvalue weighted by Crippen LogP contribution is -2.44. The highest BCUT2D eigenvalue weighted by atomic mass is 19.1. The van der Waals surface area contributed by atoms with Gasteiger partial charge >= 0.3 is 0 Å². The number of aliphatic hydroxyl groups excluding tert-OH is 1. The van der Waals surface area contributed by atoms with Crippen LogP contribution in [0.2, 0.25) is 0 Å². The first-order valence-electron chi connectivity index (χ1n) is 6.35. The number of aliphatic hydroxyl groups is 1. The van der Waals surface area contributed by atoms with Gasteiger partial charge in [-0.2, -0.15) is 5.26 Å². The van der Waals surface area contributed by atoms with Crippen LogP contribution in [0, 0.1) is 17.1 Å². The van der Waals surface area contributed by atoms with Crippen molar-refractivity contribution in [1.82, 2.24) is 0 Å². The van der Waals surface area contributed by atoms with Crippen LogP contribution >= 0.6 is 0 Å². The van der Waals surface area contributed by atoms with Crippen molar-refractivity contribution < 1.29 is 9.50 Å². The molecule has 2 fully saturated rings. The third kappa shape index (κ3) is 1.75. The highest BCUT2D eigenvalue weighted by Gasteiger charge is 2.40. The molecular formula is C14H15FN2O. The van der Waals surface area contributed by atoms with Crippen molar-refractivity contribution in [3.63, 3.8) is 0 Å². The first-order chi connectivity index (χ1) is 8.69. The van der Waals surface area contributed by atoms with E-state index in [-0.39, 0.29) is 11.7 Å². The minimum Gasteiger partial charge on any atom is -0.393 e. The maximum absolute atomic E-state index is 13.7. The van der Waals surface area contributed by atoms with E-state index < -0.39 is 5.82 Å². The molecule has 1 N–H and O–H groups in total. The molecule has 3 rings (SSSR count).